The van der Waals surface area contributed by atoms with Gasteiger partial charge in [0.2, 0.25) is 0 Å². The second-order valence-corrected chi connectivity index (χ2v) is 4.89. The van der Waals surface area contributed by atoms with E-state index in [-0.39, 0.29) is 5.91 Å². The average Bonchev–Trinajstić information content (AvgIpc) is 2.33. The Morgan fingerprint density at radius 2 is 2.06 bits per heavy atom. The molecule has 0 radical (unpaired) electrons. The standard InChI is InChI=1S/C15H23NO2/c1-12(2)11-18-10-6-9-16-15(17)14-8-5-4-7-13(14)3/h4-5,7-8,12H,6,9-11H2,1-3H3,(H,16,17). The lowest BCUT2D eigenvalue weighted by Gasteiger charge is -2.09. The van der Waals surface area contributed by atoms with Crippen molar-refractivity contribution in [1.82, 2.24) is 5.32 Å². The molecule has 0 fully saturated rings. The summed E-state index contributed by atoms with van der Waals surface area (Å²) in [4.78, 5) is 11.9. The number of hydrogen-bond donors (Lipinski definition) is 1. The third-order valence-corrected chi connectivity index (χ3v) is 2.59. The van der Waals surface area contributed by atoms with Crippen molar-refractivity contribution in [2.75, 3.05) is 19.8 Å². The fraction of sp³-hybridized carbons (Fsp3) is 0.533. The molecule has 0 spiro atoms. The summed E-state index contributed by atoms with van der Waals surface area (Å²) in [5.74, 6) is 0.559. The molecule has 0 aliphatic heterocycles. The van der Waals surface area contributed by atoms with E-state index in [1.807, 2.05) is 31.2 Å². The van der Waals surface area contributed by atoms with Gasteiger partial charge in [-0.3, -0.25) is 4.79 Å². The number of carbonyl (C=O) groups excluding carboxylic acids is 1. The Balaban J connectivity index is 2.20. The maximum absolute atomic E-state index is 11.9. The number of amides is 1. The van der Waals surface area contributed by atoms with Crippen LogP contribution in [-0.2, 0) is 4.74 Å². The monoisotopic (exact) mass is 249 g/mol. The molecule has 1 N–H and O–H groups in total. The lowest BCUT2D eigenvalue weighted by Crippen LogP contribution is -2.26. The van der Waals surface area contributed by atoms with Crippen LogP contribution in [0.2, 0.25) is 0 Å². The maximum atomic E-state index is 11.9. The summed E-state index contributed by atoms with van der Waals surface area (Å²) in [6, 6.07) is 7.61. The Morgan fingerprint density at radius 3 is 2.72 bits per heavy atom. The molecule has 0 unspecified atom stereocenters. The summed E-state index contributed by atoms with van der Waals surface area (Å²) in [5, 5.41) is 2.91. The summed E-state index contributed by atoms with van der Waals surface area (Å²) in [6.07, 6.45) is 0.852. The minimum absolute atomic E-state index is 0.00282. The van der Waals surface area contributed by atoms with Crippen molar-refractivity contribution in [1.29, 1.82) is 0 Å². The second-order valence-electron chi connectivity index (χ2n) is 4.89. The van der Waals surface area contributed by atoms with Gasteiger partial charge in [0.25, 0.3) is 5.91 Å². The molecule has 1 aromatic rings. The first kappa shape index (κ1) is 14.7. The zero-order valence-electron chi connectivity index (χ0n) is 11.5. The van der Waals surface area contributed by atoms with Crippen molar-refractivity contribution in [2.24, 2.45) is 5.92 Å². The highest BCUT2D eigenvalue weighted by atomic mass is 16.5. The van der Waals surface area contributed by atoms with E-state index in [9.17, 15) is 4.79 Å². The van der Waals surface area contributed by atoms with Crippen molar-refractivity contribution in [3.63, 3.8) is 0 Å². The molecule has 1 rings (SSSR count). The minimum Gasteiger partial charge on any atom is -0.381 e. The fourth-order valence-corrected chi connectivity index (χ4v) is 1.62. The van der Waals surface area contributed by atoms with E-state index in [0.29, 0.717) is 19.1 Å². The van der Waals surface area contributed by atoms with E-state index < -0.39 is 0 Å². The molecule has 100 valence electrons. The van der Waals surface area contributed by atoms with E-state index in [4.69, 9.17) is 4.74 Å². The number of carbonyl (C=O) groups is 1. The van der Waals surface area contributed by atoms with E-state index in [2.05, 4.69) is 19.2 Å². The van der Waals surface area contributed by atoms with Crippen LogP contribution in [0.3, 0.4) is 0 Å². The predicted octanol–water partition coefficient (Wildman–Crippen LogP) is 2.79. The van der Waals surface area contributed by atoms with Crippen LogP contribution in [0, 0.1) is 12.8 Å². The zero-order valence-corrected chi connectivity index (χ0v) is 11.5. The SMILES string of the molecule is Cc1ccccc1C(=O)NCCCOCC(C)C. The zero-order chi connectivity index (χ0) is 13.4. The first-order chi connectivity index (χ1) is 8.61. The number of benzene rings is 1. The third kappa shape index (κ3) is 5.32. The van der Waals surface area contributed by atoms with Crippen LogP contribution in [0.5, 0.6) is 0 Å². The van der Waals surface area contributed by atoms with Crippen LogP contribution in [0.1, 0.15) is 36.2 Å². The summed E-state index contributed by atoms with van der Waals surface area (Å²) < 4.78 is 5.46. The van der Waals surface area contributed by atoms with Gasteiger partial charge in [-0.25, -0.2) is 0 Å². The van der Waals surface area contributed by atoms with Gasteiger partial charge in [-0.15, -0.1) is 0 Å². The van der Waals surface area contributed by atoms with E-state index in [0.717, 1.165) is 24.2 Å². The lowest BCUT2D eigenvalue weighted by molar-refractivity contribution is 0.0924. The van der Waals surface area contributed by atoms with Gasteiger partial charge in [0.05, 0.1) is 0 Å². The molecule has 1 aromatic carbocycles. The van der Waals surface area contributed by atoms with Gasteiger partial charge in [-0.1, -0.05) is 32.0 Å². The first-order valence-electron chi connectivity index (χ1n) is 6.53. The van der Waals surface area contributed by atoms with Crippen molar-refractivity contribution in [3.8, 4) is 0 Å². The van der Waals surface area contributed by atoms with Crippen LogP contribution in [0.15, 0.2) is 24.3 Å². The number of aryl methyl sites for hydroxylation is 1. The lowest BCUT2D eigenvalue weighted by atomic mass is 10.1. The Kier molecular flexibility index (Phi) is 6.44. The summed E-state index contributed by atoms with van der Waals surface area (Å²) in [7, 11) is 0. The summed E-state index contributed by atoms with van der Waals surface area (Å²) >= 11 is 0. The van der Waals surface area contributed by atoms with E-state index in [1.54, 1.807) is 0 Å². The molecule has 0 bridgehead atoms. The molecule has 0 aromatic heterocycles. The van der Waals surface area contributed by atoms with Gasteiger partial charge >= 0.3 is 0 Å². The molecule has 0 atom stereocenters. The molecule has 0 saturated carbocycles. The molecule has 0 saturated heterocycles. The maximum Gasteiger partial charge on any atom is 0.251 e. The van der Waals surface area contributed by atoms with Crippen molar-refractivity contribution < 1.29 is 9.53 Å². The average molecular weight is 249 g/mol. The molecule has 1 amide bonds. The number of ether oxygens (including phenoxy) is 1. The van der Waals surface area contributed by atoms with Gasteiger partial charge in [-0.05, 0) is 30.9 Å². The molecule has 3 nitrogen and oxygen atoms in total. The number of nitrogens with one attached hydrogen (secondary N) is 1. The molecule has 3 heteroatoms. The molecule has 18 heavy (non-hydrogen) atoms. The number of hydrogen-bond acceptors (Lipinski definition) is 2. The second kappa shape index (κ2) is 7.88. The van der Waals surface area contributed by atoms with Gasteiger partial charge in [0.1, 0.15) is 0 Å². The highest BCUT2D eigenvalue weighted by Crippen LogP contribution is 2.06. The van der Waals surface area contributed by atoms with E-state index in [1.165, 1.54) is 0 Å². The molecule has 0 heterocycles. The molecular formula is C15H23NO2. The largest absolute Gasteiger partial charge is 0.381 e. The third-order valence-electron chi connectivity index (χ3n) is 2.59. The van der Waals surface area contributed by atoms with E-state index >= 15 is 0 Å². The quantitative estimate of drug-likeness (QED) is 0.755. The van der Waals surface area contributed by atoms with Crippen molar-refractivity contribution >= 4 is 5.91 Å². The Labute approximate surface area is 110 Å². The Morgan fingerprint density at radius 1 is 1.33 bits per heavy atom. The fourth-order valence-electron chi connectivity index (χ4n) is 1.62. The van der Waals surface area contributed by atoms with Crippen LogP contribution in [0.4, 0.5) is 0 Å². The van der Waals surface area contributed by atoms with Gasteiger partial charge < -0.3 is 10.1 Å². The van der Waals surface area contributed by atoms with Crippen LogP contribution >= 0.6 is 0 Å². The number of rotatable bonds is 7. The van der Waals surface area contributed by atoms with Gasteiger partial charge in [0, 0.05) is 25.3 Å². The molecule has 0 aliphatic rings. The minimum atomic E-state index is -0.00282. The molecular weight excluding hydrogens is 226 g/mol. The normalized spacial score (nSPS) is 10.7. The van der Waals surface area contributed by atoms with Crippen LogP contribution in [-0.4, -0.2) is 25.7 Å². The van der Waals surface area contributed by atoms with Gasteiger partial charge in [0.15, 0.2) is 0 Å². The van der Waals surface area contributed by atoms with Crippen LogP contribution in [0.25, 0.3) is 0 Å². The Bertz CT molecular complexity index is 375. The van der Waals surface area contributed by atoms with Crippen molar-refractivity contribution in [3.05, 3.63) is 35.4 Å². The topological polar surface area (TPSA) is 38.3 Å². The summed E-state index contributed by atoms with van der Waals surface area (Å²) in [6.45, 7) is 8.34. The smallest absolute Gasteiger partial charge is 0.251 e. The predicted molar refractivity (Wildman–Crippen MR) is 73.8 cm³/mol. The highest BCUT2D eigenvalue weighted by molar-refractivity contribution is 5.95. The highest BCUT2D eigenvalue weighted by Gasteiger charge is 2.06. The van der Waals surface area contributed by atoms with Crippen LogP contribution < -0.4 is 5.32 Å². The molecule has 0 aliphatic carbocycles. The van der Waals surface area contributed by atoms with Crippen molar-refractivity contribution in [2.45, 2.75) is 27.2 Å². The first-order valence-corrected chi connectivity index (χ1v) is 6.53. The summed E-state index contributed by atoms with van der Waals surface area (Å²) in [5.41, 5.74) is 1.76. The Hall–Kier alpha value is -1.35. The van der Waals surface area contributed by atoms with Gasteiger partial charge in [-0.2, -0.15) is 0 Å².